The lowest BCUT2D eigenvalue weighted by Crippen LogP contribution is -2.04. The zero-order valence-electron chi connectivity index (χ0n) is 8.87. The van der Waals surface area contributed by atoms with Crippen LogP contribution < -0.4 is 4.74 Å². The minimum absolute atomic E-state index is 0.0530. The lowest BCUT2D eigenvalue weighted by Gasteiger charge is -2.13. The normalized spacial score (nSPS) is 10.5. The highest BCUT2D eigenvalue weighted by atomic mass is 19.1. The van der Waals surface area contributed by atoms with Gasteiger partial charge in [0.05, 0.1) is 12.7 Å². The number of carbonyl (C=O) groups is 1. The highest BCUT2D eigenvalue weighted by Gasteiger charge is 2.17. The number of benzene rings is 1. The average Bonchev–Trinajstić information content (AvgIpc) is 2.15. The number of carboxylic acid groups (broad SMARTS) is 1. The second kappa shape index (κ2) is 4.29. The summed E-state index contributed by atoms with van der Waals surface area (Å²) in [5.41, 5.74) is 0.302. The van der Waals surface area contributed by atoms with Crippen molar-refractivity contribution < 1.29 is 19.0 Å². The maximum absolute atomic E-state index is 13.6. The van der Waals surface area contributed by atoms with Crippen LogP contribution >= 0.6 is 0 Å². The van der Waals surface area contributed by atoms with Crippen LogP contribution in [-0.2, 0) is 0 Å². The molecule has 0 saturated carbocycles. The molecule has 0 aromatic heterocycles. The molecule has 1 aromatic rings. The second-order valence-corrected chi connectivity index (χ2v) is 3.53. The van der Waals surface area contributed by atoms with Crippen molar-refractivity contribution in [2.75, 3.05) is 7.11 Å². The van der Waals surface area contributed by atoms with E-state index in [2.05, 4.69) is 0 Å². The molecule has 15 heavy (non-hydrogen) atoms. The van der Waals surface area contributed by atoms with Crippen LogP contribution in [0.15, 0.2) is 12.1 Å². The third-order valence-corrected chi connectivity index (χ3v) is 2.14. The molecule has 0 aliphatic carbocycles. The number of ether oxygens (including phenoxy) is 1. The van der Waals surface area contributed by atoms with Crippen molar-refractivity contribution in [3.63, 3.8) is 0 Å². The van der Waals surface area contributed by atoms with Crippen molar-refractivity contribution in [3.05, 3.63) is 29.1 Å². The number of hydrogen-bond donors (Lipinski definition) is 1. The molecule has 0 aliphatic heterocycles. The van der Waals surface area contributed by atoms with E-state index in [9.17, 15) is 9.18 Å². The molecule has 0 aliphatic rings. The fourth-order valence-electron chi connectivity index (χ4n) is 1.45. The van der Waals surface area contributed by atoms with Gasteiger partial charge in [-0.15, -0.1) is 0 Å². The maximum atomic E-state index is 13.6. The van der Waals surface area contributed by atoms with Crippen LogP contribution in [0.1, 0.15) is 35.7 Å². The Bertz CT molecular complexity index is 386. The molecule has 0 radical (unpaired) electrons. The van der Waals surface area contributed by atoms with E-state index in [1.54, 1.807) is 0 Å². The van der Waals surface area contributed by atoms with E-state index >= 15 is 0 Å². The molecule has 0 spiro atoms. The molecule has 0 bridgehead atoms. The van der Waals surface area contributed by atoms with E-state index in [4.69, 9.17) is 9.84 Å². The van der Waals surface area contributed by atoms with E-state index in [-0.39, 0.29) is 17.2 Å². The molecule has 0 fully saturated rings. The van der Waals surface area contributed by atoms with Crippen LogP contribution in [0.4, 0.5) is 4.39 Å². The molecule has 1 aromatic carbocycles. The van der Waals surface area contributed by atoms with Gasteiger partial charge in [0.2, 0.25) is 0 Å². The van der Waals surface area contributed by atoms with Crippen molar-refractivity contribution in [1.82, 2.24) is 0 Å². The zero-order chi connectivity index (χ0) is 11.6. The predicted octanol–water partition coefficient (Wildman–Crippen LogP) is 2.66. The molecule has 82 valence electrons. The van der Waals surface area contributed by atoms with Crippen LogP contribution in [0, 0.1) is 5.82 Å². The van der Waals surface area contributed by atoms with Gasteiger partial charge >= 0.3 is 5.97 Å². The smallest absolute Gasteiger partial charge is 0.335 e. The predicted molar refractivity (Wildman–Crippen MR) is 54.0 cm³/mol. The number of halogens is 1. The summed E-state index contributed by atoms with van der Waals surface area (Å²) in [6, 6.07) is 2.35. The Morgan fingerprint density at radius 2 is 2.07 bits per heavy atom. The molecular formula is C11H13FO3. The quantitative estimate of drug-likeness (QED) is 0.837. The standard InChI is InChI=1S/C11H13FO3/c1-6(2)10-8(12)4-7(11(13)14)5-9(10)15-3/h4-6H,1-3H3,(H,13,14). The van der Waals surface area contributed by atoms with Gasteiger partial charge in [0.15, 0.2) is 0 Å². The van der Waals surface area contributed by atoms with E-state index in [1.807, 2.05) is 13.8 Å². The number of aromatic carboxylic acids is 1. The van der Waals surface area contributed by atoms with Gasteiger partial charge in [0.25, 0.3) is 0 Å². The van der Waals surface area contributed by atoms with Gasteiger partial charge in [-0.25, -0.2) is 9.18 Å². The van der Waals surface area contributed by atoms with Gasteiger partial charge in [0, 0.05) is 5.56 Å². The molecule has 0 amide bonds. The summed E-state index contributed by atoms with van der Waals surface area (Å²) < 4.78 is 18.5. The van der Waals surface area contributed by atoms with Gasteiger partial charge in [-0.3, -0.25) is 0 Å². The Hall–Kier alpha value is -1.58. The van der Waals surface area contributed by atoms with E-state index in [1.165, 1.54) is 13.2 Å². The minimum Gasteiger partial charge on any atom is -0.496 e. The summed E-state index contributed by atoms with van der Waals surface area (Å²) in [5.74, 6) is -1.48. The molecule has 0 atom stereocenters. The molecule has 0 saturated heterocycles. The third kappa shape index (κ3) is 2.26. The fourth-order valence-corrected chi connectivity index (χ4v) is 1.45. The van der Waals surface area contributed by atoms with E-state index < -0.39 is 11.8 Å². The summed E-state index contributed by atoms with van der Waals surface area (Å²) >= 11 is 0. The average molecular weight is 212 g/mol. The largest absolute Gasteiger partial charge is 0.496 e. The first-order chi connectivity index (χ1) is 6.97. The lowest BCUT2D eigenvalue weighted by atomic mass is 9.99. The van der Waals surface area contributed by atoms with Crippen molar-refractivity contribution in [1.29, 1.82) is 0 Å². The summed E-state index contributed by atoms with van der Waals surface area (Å²) in [4.78, 5) is 10.7. The lowest BCUT2D eigenvalue weighted by molar-refractivity contribution is 0.0696. The summed E-state index contributed by atoms with van der Waals surface area (Å²) in [6.07, 6.45) is 0. The van der Waals surface area contributed by atoms with Gasteiger partial charge in [-0.05, 0) is 18.1 Å². The van der Waals surface area contributed by atoms with Crippen LogP contribution in [0.5, 0.6) is 5.75 Å². The van der Waals surface area contributed by atoms with Crippen molar-refractivity contribution in [3.8, 4) is 5.75 Å². The zero-order valence-corrected chi connectivity index (χ0v) is 8.87. The van der Waals surface area contributed by atoms with Crippen LogP contribution in [0.25, 0.3) is 0 Å². The fraction of sp³-hybridized carbons (Fsp3) is 0.364. The van der Waals surface area contributed by atoms with E-state index in [0.29, 0.717) is 5.56 Å². The van der Waals surface area contributed by atoms with Crippen molar-refractivity contribution >= 4 is 5.97 Å². The second-order valence-electron chi connectivity index (χ2n) is 3.53. The molecule has 1 N–H and O–H groups in total. The third-order valence-electron chi connectivity index (χ3n) is 2.14. The highest BCUT2D eigenvalue weighted by molar-refractivity contribution is 5.88. The first-order valence-electron chi connectivity index (χ1n) is 4.58. The SMILES string of the molecule is COc1cc(C(=O)O)cc(F)c1C(C)C. The van der Waals surface area contributed by atoms with Gasteiger partial charge in [-0.1, -0.05) is 13.8 Å². The highest BCUT2D eigenvalue weighted by Crippen LogP contribution is 2.30. The summed E-state index contributed by atoms with van der Waals surface area (Å²) in [5, 5.41) is 8.74. The van der Waals surface area contributed by atoms with Crippen LogP contribution in [0.2, 0.25) is 0 Å². The summed E-state index contributed by atoms with van der Waals surface area (Å²) in [7, 11) is 1.40. The molecule has 4 heteroatoms. The first-order valence-corrected chi connectivity index (χ1v) is 4.58. The number of hydrogen-bond acceptors (Lipinski definition) is 2. The van der Waals surface area contributed by atoms with Gasteiger partial charge in [0.1, 0.15) is 11.6 Å². The van der Waals surface area contributed by atoms with Crippen molar-refractivity contribution in [2.45, 2.75) is 19.8 Å². The Morgan fingerprint density at radius 1 is 1.47 bits per heavy atom. The molecular weight excluding hydrogens is 199 g/mol. The van der Waals surface area contributed by atoms with Crippen molar-refractivity contribution in [2.24, 2.45) is 0 Å². The van der Waals surface area contributed by atoms with Gasteiger partial charge < -0.3 is 9.84 Å². The molecule has 0 unspecified atom stereocenters. The first kappa shape index (κ1) is 11.5. The molecule has 1 rings (SSSR count). The van der Waals surface area contributed by atoms with Gasteiger partial charge in [-0.2, -0.15) is 0 Å². The Labute approximate surface area is 87.5 Å². The number of methoxy groups -OCH3 is 1. The molecule has 3 nitrogen and oxygen atoms in total. The molecule has 0 heterocycles. The number of rotatable bonds is 3. The Morgan fingerprint density at radius 3 is 2.47 bits per heavy atom. The van der Waals surface area contributed by atoms with E-state index in [0.717, 1.165) is 6.07 Å². The maximum Gasteiger partial charge on any atom is 0.335 e. The topological polar surface area (TPSA) is 46.5 Å². The Balaban J connectivity index is 3.37. The summed E-state index contributed by atoms with van der Waals surface area (Å²) in [6.45, 7) is 3.64. The monoisotopic (exact) mass is 212 g/mol. The minimum atomic E-state index is -1.16. The van der Waals surface area contributed by atoms with Crippen LogP contribution in [-0.4, -0.2) is 18.2 Å². The van der Waals surface area contributed by atoms with Crippen LogP contribution in [0.3, 0.4) is 0 Å². The number of carboxylic acids is 1. The Kier molecular flexibility index (Phi) is 3.29.